The Hall–Kier alpha value is -3.24. The number of amides is 1. The fourth-order valence-electron chi connectivity index (χ4n) is 3.45. The highest BCUT2D eigenvalue weighted by molar-refractivity contribution is 7.89. The largest absolute Gasteiger partial charge is 0.497 e. The molecule has 31 heavy (non-hydrogen) atoms. The summed E-state index contributed by atoms with van der Waals surface area (Å²) in [5.41, 5.74) is 0.945. The molecular weight excluding hydrogens is 423 g/mol. The van der Waals surface area contributed by atoms with E-state index in [2.05, 4.69) is 4.98 Å². The van der Waals surface area contributed by atoms with E-state index in [0.29, 0.717) is 17.1 Å². The number of rotatable bonds is 5. The molecule has 0 radical (unpaired) electrons. The topological polar surface area (TPSA) is 84.7 Å². The number of halogens is 1. The van der Waals surface area contributed by atoms with Gasteiger partial charge in [0.25, 0.3) is 5.91 Å². The minimum Gasteiger partial charge on any atom is -0.497 e. The second kappa shape index (κ2) is 8.48. The summed E-state index contributed by atoms with van der Waals surface area (Å²) < 4.78 is 47.0. The van der Waals surface area contributed by atoms with Gasteiger partial charge in [0.2, 0.25) is 10.0 Å². The summed E-state index contributed by atoms with van der Waals surface area (Å²) in [6.45, 7) is 0.876. The molecule has 0 aliphatic carbocycles. The molecule has 2 aromatic carbocycles. The molecule has 0 saturated carbocycles. The number of nitrogens with zero attached hydrogens (tertiary/aromatic N) is 4. The fraction of sp³-hybridized carbons (Fsp3) is 0.238. The Kier molecular flexibility index (Phi) is 5.75. The normalized spacial score (nSPS) is 15.1. The maximum atomic E-state index is 13.2. The summed E-state index contributed by atoms with van der Waals surface area (Å²) in [6, 6.07) is 12.0. The summed E-state index contributed by atoms with van der Waals surface area (Å²) in [7, 11) is -2.14. The zero-order valence-electron chi connectivity index (χ0n) is 16.8. The van der Waals surface area contributed by atoms with Crippen LogP contribution in [0.2, 0.25) is 0 Å². The van der Waals surface area contributed by atoms with Gasteiger partial charge in [0.15, 0.2) is 0 Å². The third-order valence-corrected chi connectivity index (χ3v) is 7.10. The lowest BCUT2D eigenvalue weighted by molar-refractivity contribution is 0.0690. The van der Waals surface area contributed by atoms with Gasteiger partial charge < -0.3 is 9.64 Å². The highest BCUT2D eigenvalue weighted by Crippen LogP contribution is 2.21. The fourth-order valence-corrected chi connectivity index (χ4v) is 4.87. The number of ether oxygens (including phenoxy) is 1. The van der Waals surface area contributed by atoms with Gasteiger partial charge >= 0.3 is 0 Å². The first kappa shape index (κ1) is 21.0. The number of hydrogen-bond donors (Lipinski definition) is 0. The van der Waals surface area contributed by atoms with E-state index in [-0.39, 0.29) is 42.8 Å². The van der Waals surface area contributed by atoms with Crippen LogP contribution in [0.1, 0.15) is 10.5 Å². The molecule has 1 aliphatic heterocycles. The van der Waals surface area contributed by atoms with Crippen molar-refractivity contribution in [3.63, 3.8) is 0 Å². The van der Waals surface area contributed by atoms with Crippen LogP contribution in [-0.4, -0.2) is 66.4 Å². The molecule has 162 valence electrons. The second-order valence-corrected chi connectivity index (χ2v) is 8.94. The molecule has 0 atom stereocenters. The maximum absolute atomic E-state index is 13.2. The van der Waals surface area contributed by atoms with Gasteiger partial charge in [-0.05, 0) is 48.5 Å². The molecule has 0 N–H and O–H groups in total. The van der Waals surface area contributed by atoms with Crippen LogP contribution >= 0.6 is 0 Å². The zero-order chi connectivity index (χ0) is 22.0. The number of sulfonamides is 1. The average Bonchev–Trinajstić information content (AvgIpc) is 3.29. The molecule has 0 bridgehead atoms. The SMILES string of the molecule is COc1ccc(S(=O)(=O)N2CCN(C(=O)c3cncn3-c3ccc(F)cc3)CC2)cc1. The lowest BCUT2D eigenvalue weighted by Gasteiger charge is -2.34. The Bertz CT molecular complexity index is 1170. The molecule has 10 heteroatoms. The van der Waals surface area contributed by atoms with Crippen molar-refractivity contribution in [2.75, 3.05) is 33.3 Å². The molecule has 1 amide bonds. The second-order valence-electron chi connectivity index (χ2n) is 7.00. The van der Waals surface area contributed by atoms with E-state index in [0.717, 1.165) is 0 Å². The van der Waals surface area contributed by atoms with Crippen molar-refractivity contribution < 1.29 is 22.3 Å². The predicted octanol–water partition coefficient (Wildman–Crippen LogP) is 2.17. The number of piperazine rings is 1. The first-order valence-electron chi connectivity index (χ1n) is 9.62. The molecule has 1 aromatic heterocycles. The van der Waals surface area contributed by atoms with Crippen LogP contribution in [0.15, 0.2) is 66.0 Å². The van der Waals surface area contributed by atoms with Crippen molar-refractivity contribution in [1.29, 1.82) is 0 Å². The Morgan fingerprint density at radius 1 is 1.00 bits per heavy atom. The van der Waals surface area contributed by atoms with Crippen LogP contribution in [0.25, 0.3) is 5.69 Å². The number of methoxy groups -OCH3 is 1. The Balaban J connectivity index is 1.46. The van der Waals surface area contributed by atoms with Crippen molar-refractivity contribution in [1.82, 2.24) is 18.8 Å². The van der Waals surface area contributed by atoms with Crippen molar-refractivity contribution in [3.8, 4) is 11.4 Å². The van der Waals surface area contributed by atoms with Crippen LogP contribution in [-0.2, 0) is 10.0 Å². The molecule has 1 fully saturated rings. The minimum atomic E-state index is -3.66. The quantitative estimate of drug-likeness (QED) is 0.602. The van der Waals surface area contributed by atoms with Crippen molar-refractivity contribution >= 4 is 15.9 Å². The summed E-state index contributed by atoms with van der Waals surface area (Å²) in [5, 5.41) is 0. The summed E-state index contributed by atoms with van der Waals surface area (Å²) in [6.07, 6.45) is 2.94. The number of carbonyl (C=O) groups is 1. The van der Waals surface area contributed by atoms with Gasteiger partial charge in [-0.15, -0.1) is 0 Å². The van der Waals surface area contributed by atoms with E-state index in [9.17, 15) is 17.6 Å². The van der Waals surface area contributed by atoms with Crippen LogP contribution in [0.5, 0.6) is 5.75 Å². The average molecular weight is 444 g/mol. The van der Waals surface area contributed by atoms with Crippen molar-refractivity contribution in [2.24, 2.45) is 0 Å². The van der Waals surface area contributed by atoms with Crippen molar-refractivity contribution in [3.05, 3.63) is 72.6 Å². The predicted molar refractivity (Wildman–Crippen MR) is 111 cm³/mol. The van der Waals surface area contributed by atoms with Crippen LogP contribution in [0.3, 0.4) is 0 Å². The smallest absolute Gasteiger partial charge is 0.272 e. The minimum absolute atomic E-state index is 0.183. The Morgan fingerprint density at radius 3 is 2.26 bits per heavy atom. The van der Waals surface area contributed by atoms with E-state index in [1.165, 1.54) is 48.2 Å². The van der Waals surface area contributed by atoms with Gasteiger partial charge in [0.1, 0.15) is 17.3 Å². The van der Waals surface area contributed by atoms with Gasteiger partial charge in [0.05, 0.1) is 24.5 Å². The Morgan fingerprint density at radius 2 is 1.65 bits per heavy atom. The molecule has 8 nitrogen and oxygen atoms in total. The molecule has 0 unspecified atom stereocenters. The summed E-state index contributed by atoms with van der Waals surface area (Å²) in [4.78, 5) is 18.9. The lowest BCUT2D eigenvalue weighted by Crippen LogP contribution is -2.50. The van der Waals surface area contributed by atoms with Gasteiger partial charge in [-0.1, -0.05) is 0 Å². The number of hydrogen-bond acceptors (Lipinski definition) is 5. The van der Waals surface area contributed by atoms with Crippen molar-refractivity contribution in [2.45, 2.75) is 4.90 Å². The first-order chi connectivity index (χ1) is 14.9. The number of benzene rings is 2. The lowest BCUT2D eigenvalue weighted by atomic mass is 10.2. The third-order valence-electron chi connectivity index (χ3n) is 5.19. The van der Waals surface area contributed by atoms with E-state index < -0.39 is 10.0 Å². The Labute approximate surface area is 179 Å². The molecule has 1 aliphatic rings. The molecule has 4 rings (SSSR count). The van der Waals surface area contributed by atoms with E-state index in [1.807, 2.05) is 0 Å². The van der Waals surface area contributed by atoms with Gasteiger partial charge in [-0.25, -0.2) is 17.8 Å². The standard InChI is InChI=1S/C21H21FN4O4S/c1-30-18-6-8-19(9-7-18)31(28,29)25-12-10-24(11-13-25)21(27)20-14-23-15-26(20)17-4-2-16(22)3-5-17/h2-9,14-15H,10-13H2,1H3. The summed E-state index contributed by atoms with van der Waals surface area (Å²) >= 11 is 0. The molecule has 0 spiro atoms. The van der Waals surface area contributed by atoms with Gasteiger partial charge in [-0.2, -0.15) is 4.31 Å². The van der Waals surface area contributed by atoms with Gasteiger partial charge in [-0.3, -0.25) is 9.36 Å². The first-order valence-corrected chi connectivity index (χ1v) is 11.1. The maximum Gasteiger partial charge on any atom is 0.272 e. The molecule has 2 heterocycles. The third kappa shape index (κ3) is 4.17. The number of carbonyl (C=O) groups excluding carboxylic acids is 1. The van der Waals surface area contributed by atoms with Crippen LogP contribution in [0.4, 0.5) is 4.39 Å². The molecule has 3 aromatic rings. The van der Waals surface area contributed by atoms with Gasteiger partial charge in [0, 0.05) is 31.9 Å². The van der Waals surface area contributed by atoms with E-state index in [1.54, 1.807) is 33.7 Å². The van der Waals surface area contributed by atoms with Crippen LogP contribution < -0.4 is 4.74 Å². The highest BCUT2D eigenvalue weighted by Gasteiger charge is 2.31. The molecule has 1 saturated heterocycles. The molecular formula is C21H21FN4O4S. The number of imidazole rings is 1. The van der Waals surface area contributed by atoms with E-state index >= 15 is 0 Å². The number of aromatic nitrogens is 2. The summed E-state index contributed by atoms with van der Waals surface area (Å²) in [5.74, 6) is -0.0543. The monoisotopic (exact) mass is 444 g/mol. The highest BCUT2D eigenvalue weighted by atomic mass is 32.2. The van der Waals surface area contributed by atoms with Crippen LogP contribution in [0, 0.1) is 5.82 Å². The zero-order valence-corrected chi connectivity index (χ0v) is 17.6. The van der Waals surface area contributed by atoms with E-state index in [4.69, 9.17) is 4.74 Å².